The third kappa shape index (κ3) is 4.73. The van der Waals surface area contributed by atoms with Crippen LogP contribution in [-0.4, -0.2) is 37.5 Å². The van der Waals surface area contributed by atoms with Gasteiger partial charge in [-0.3, -0.25) is 0 Å². The number of anilines is 1. The predicted octanol–water partition coefficient (Wildman–Crippen LogP) is 3.87. The number of phenols is 1. The van der Waals surface area contributed by atoms with E-state index in [2.05, 4.69) is 4.84 Å². The fourth-order valence-electron chi connectivity index (χ4n) is 3.42. The molecule has 0 saturated carbocycles. The zero-order valence-electron chi connectivity index (χ0n) is 16.9. The SMILES string of the molecule is COc1ccc2c(=O)oc3cc(N(C)CCCCCCO[N+](=O)[O-])cc(O)c3c2c1. The van der Waals surface area contributed by atoms with E-state index in [1.165, 1.54) is 7.11 Å². The fourth-order valence-corrected chi connectivity index (χ4v) is 3.42. The number of hydrogen-bond donors (Lipinski definition) is 1. The highest BCUT2D eigenvalue weighted by atomic mass is 16.9. The van der Waals surface area contributed by atoms with Gasteiger partial charge < -0.3 is 24.0 Å². The molecule has 160 valence electrons. The molecule has 2 aromatic carbocycles. The number of aromatic hydroxyl groups is 1. The molecular weight excluding hydrogens is 392 g/mol. The number of hydrogen-bond acceptors (Lipinski definition) is 8. The van der Waals surface area contributed by atoms with Crippen molar-refractivity contribution in [3.05, 3.63) is 50.9 Å². The van der Waals surface area contributed by atoms with Crippen molar-refractivity contribution in [3.8, 4) is 11.5 Å². The van der Waals surface area contributed by atoms with Crippen LogP contribution in [-0.2, 0) is 4.84 Å². The van der Waals surface area contributed by atoms with E-state index >= 15 is 0 Å². The number of nitrogens with zero attached hydrogens (tertiary/aromatic N) is 2. The van der Waals surface area contributed by atoms with Gasteiger partial charge in [0.2, 0.25) is 0 Å². The topological polar surface area (TPSA) is 115 Å². The lowest BCUT2D eigenvalue weighted by Gasteiger charge is -2.20. The minimum Gasteiger partial charge on any atom is -0.507 e. The van der Waals surface area contributed by atoms with Gasteiger partial charge in [-0.1, -0.05) is 12.8 Å². The Labute approximate surface area is 172 Å². The summed E-state index contributed by atoms with van der Waals surface area (Å²) in [4.78, 5) is 28.7. The predicted molar refractivity (Wildman–Crippen MR) is 113 cm³/mol. The fraction of sp³-hybridized carbons (Fsp3) is 0.381. The molecule has 30 heavy (non-hydrogen) atoms. The van der Waals surface area contributed by atoms with E-state index in [0.29, 0.717) is 40.5 Å². The molecule has 1 heterocycles. The lowest BCUT2D eigenvalue weighted by molar-refractivity contribution is -0.757. The monoisotopic (exact) mass is 416 g/mol. The molecule has 0 radical (unpaired) electrons. The van der Waals surface area contributed by atoms with Gasteiger partial charge in [-0.05, 0) is 31.0 Å². The van der Waals surface area contributed by atoms with Crippen LogP contribution in [0.1, 0.15) is 25.7 Å². The Hall–Kier alpha value is -3.49. The first-order valence-corrected chi connectivity index (χ1v) is 9.66. The van der Waals surface area contributed by atoms with Gasteiger partial charge in [0.25, 0.3) is 5.09 Å². The lowest BCUT2D eigenvalue weighted by atomic mass is 10.1. The quantitative estimate of drug-likeness (QED) is 0.174. The van der Waals surface area contributed by atoms with Gasteiger partial charge >= 0.3 is 5.63 Å². The standard InChI is InChI=1S/C21H24N2O7/c1-22(9-5-3-4-6-10-29-23(26)27)14-11-18(24)20-17-13-15(28-2)7-8-16(17)21(25)30-19(20)12-14/h7-8,11-13,24H,3-6,9-10H2,1-2H3. The van der Waals surface area contributed by atoms with Crippen LogP contribution in [0.15, 0.2) is 39.5 Å². The molecule has 1 aromatic heterocycles. The molecule has 1 N–H and O–H groups in total. The first kappa shape index (κ1) is 21.2. The Morgan fingerprint density at radius 2 is 1.90 bits per heavy atom. The van der Waals surface area contributed by atoms with Crippen LogP contribution in [0.4, 0.5) is 5.69 Å². The Morgan fingerprint density at radius 1 is 1.13 bits per heavy atom. The number of methoxy groups -OCH3 is 1. The molecule has 0 spiro atoms. The van der Waals surface area contributed by atoms with E-state index in [-0.39, 0.29) is 12.4 Å². The van der Waals surface area contributed by atoms with Gasteiger partial charge in [0, 0.05) is 36.8 Å². The number of ether oxygens (including phenoxy) is 1. The second-order valence-corrected chi connectivity index (χ2v) is 7.03. The second-order valence-electron chi connectivity index (χ2n) is 7.03. The molecular formula is C21H24N2O7. The summed E-state index contributed by atoms with van der Waals surface area (Å²) in [5, 5.41) is 21.4. The maximum absolute atomic E-state index is 12.4. The van der Waals surface area contributed by atoms with Crippen molar-refractivity contribution in [3.63, 3.8) is 0 Å². The first-order valence-electron chi connectivity index (χ1n) is 9.66. The van der Waals surface area contributed by atoms with Crippen LogP contribution in [0, 0.1) is 10.1 Å². The molecule has 3 rings (SSSR count). The minimum atomic E-state index is -0.780. The number of rotatable bonds is 10. The summed E-state index contributed by atoms with van der Waals surface area (Å²) in [6.45, 7) is 0.825. The summed E-state index contributed by atoms with van der Waals surface area (Å²) in [5.41, 5.74) is 0.554. The highest BCUT2D eigenvalue weighted by Crippen LogP contribution is 2.36. The maximum atomic E-state index is 12.4. The van der Waals surface area contributed by atoms with E-state index in [1.807, 2.05) is 11.9 Å². The van der Waals surface area contributed by atoms with Crippen molar-refractivity contribution in [1.29, 1.82) is 0 Å². The molecule has 0 aliphatic carbocycles. The van der Waals surface area contributed by atoms with Gasteiger partial charge in [0.1, 0.15) is 17.1 Å². The van der Waals surface area contributed by atoms with Crippen molar-refractivity contribution in [2.24, 2.45) is 0 Å². The van der Waals surface area contributed by atoms with Crippen LogP contribution in [0.2, 0.25) is 0 Å². The van der Waals surface area contributed by atoms with E-state index in [0.717, 1.165) is 24.9 Å². The normalized spacial score (nSPS) is 11.0. The van der Waals surface area contributed by atoms with E-state index in [9.17, 15) is 20.0 Å². The molecule has 0 atom stereocenters. The highest BCUT2D eigenvalue weighted by Gasteiger charge is 2.15. The Bertz CT molecular complexity index is 1110. The van der Waals surface area contributed by atoms with Crippen molar-refractivity contribution in [2.45, 2.75) is 25.7 Å². The molecule has 0 bridgehead atoms. The van der Waals surface area contributed by atoms with Crippen LogP contribution >= 0.6 is 0 Å². The minimum absolute atomic E-state index is 0.0216. The number of phenolic OH excluding ortho intramolecular Hbond substituents is 1. The number of benzene rings is 2. The average molecular weight is 416 g/mol. The molecule has 0 aliphatic rings. The van der Waals surface area contributed by atoms with Crippen LogP contribution in [0.3, 0.4) is 0 Å². The largest absolute Gasteiger partial charge is 0.507 e. The lowest BCUT2D eigenvalue weighted by Crippen LogP contribution is -2.18. The maximum Gasteiger partial charge on any atom is 0.344 e. The van der Waals surface area contributed by atoms with Gasteiger partial charge in [0.05, 0.1) is 24.5 Å². The second kappa shape index (κ2) is 9.34. The Balaban J connectivity index is 1.75. The summed E-state index contributed by atoms with van der Waals surface area (Å²) < 4.78 is 10.7. The van der Waals surface area contributed by atoms with Crippen molar-refractivity contribution in [2.75, 3.05) is 32.2 Å². The summed E-state index contributed by atoms with van der Waals surface area (Å²) in [7, 11) is 3.43. The molecule has 0 amide bonds. The highest BCUT2D eigenvalue weighted by molar-refractivity contribution is 6.08. The smallest absolute Gasteiger partial charge is 0.344 e. The molecule has 3 aromatic rings. The van der Waals surface area contributed by atoms with Crippen LogP contribution in [0.25, 0.3) is 21.7 Å². The third-order valence-electron chi connectivity index (χ3n) is 5.01. The van der Waals surface area contributed by atoms with Crippen LogP contribution < -0.4 is 15.3 Å². The molecule has 0 aliphatic heterocycles. The number of unbranched alkanes of at least 4 members (excludes halogenated alkanes) is 3. The summed E-state index contributed by atoms with van der Waals surface area (Å²) in [5.74, 6) is 0.604. The molecule has 9 nitrogen and oxygen atoms in total. The summed E-state index contributed by atoms with van der Waals surface area (Å²) >= 11 is 0. The zero-order chi connectivity index (χ0) is 21.7. The van der Waals surface area contributed by atoms with Crippen molar-refractivity contribution >= 4 is 27.4 Å². The molecule has 0 saturated heterocycles. The average Bonchev–Trinajstić information content (AvgIpc) is 2.71. The van der Waals surface area contributed by atoms with Crippen molar-refractivity contribution in [1.82, 2.24) is 0 Å². The first-order chi connectivity index (χ1) is 14.4. The van der Waals surface area contributed by atoms with Crippen LogP contribution in [0.5, 0.6) is 11.5 Å². The molecule has 0 fully saturated rings. The van der Waals surface area contributed by atoms with E-state index < -0.39 is 10.7 Å². The van der Waals surface area contributed by atoms with Gasteiger partial charge in [-0.2, -0.15) is 0 Å². The molecule has 0 unspecified atom stereocenters. The van der Waals surface area contributed by atoms with Gasteiger partial charge in [-0.15, -0.1) is 10.1 Å². The third-order valence-corrected chi connectivity index (χ3v) is 5.01. The zero-order valence-corrected chi connectivity index (χ0v) is 16.9. The van der Waals surface area contributed by atoms with Gasteiger partial charge in [0.15, 0.2) is 0 Å². The van der Waals surface area contributed by atoms with Crippen molar-refractivity contribution < 1.29 is 24.2 Å². The van der Waals surface area contributed by atoms with E-state index in [1.54, 1.807) is 30.3 Å². The molecule has 9 heteroatoms. The summed E-state index contributed by atoms with van der Waals surface area (Å²) in [6.07, 6.45) is 3.22. The van der Waals surface area contributed by atoms with Gasteiger partial charge in [-0.25, -0.2) is 4.79 Å². The Kier molecular flexibility index (Phi) is 6.61. The van der Waals surface area contributed by atoms with E-state index in [4.69, 9.17) is 9.15 Å². The Morgan fingerprint density at radius 3 is 2.63 bits per heavy atom. The number of fused-ring (bicyclic) bond motifs is 3. The summed E-state index contributed by atoms with van der Waals surface area (Å²) in [6, 6.07) is 8.39.